The number of benzene rings is 2. The van der Waals surface area contributed by atoms with Gasteiger partial charge >= 0.3 is 5.69 Å². The molecule has 0 bridgehead atoms. The lowest BCUT2D eigenvalue weighted by molar-refractivity contribution is 0.705. The van der Waals surface area contributed by atoms with E-state index in [-0.39, 0.29) is 10.8 Å². The SMILES string of the molecule is Cn1c(=O)c2c(nc(S[C@@H](c3ccccc3)c3ccc(Cl)cc3)n2C)n(C)c1=O. The van der Waals surface area contributed by atoms with Crippen LogP contribution in [0, 0.1) is 0 Å². The van der Waals surface area contributed by atoms with Crippen molar-refractivity contribution in [2.24, 2.45) is 21.1 Å². The zero-order valence-electron chi connectivity index (χ0n) is 16.2. The van der Waals surface area contributed by atoms with E-state index in [2.05, 4.69) is 17.1 Å². The van der Waals surface area contributed by atoms with Gasteiger partial charge in [0.25, 0.3) is 5.56 Å². The van der Waals surface area contributed by atoms with Crippen LogP contribution >= 0.6 is 23.4 Å². The number of rotatable bonds is 4. The molecule has 4 rings (SSSR count). The lowest BCUT2D eigenvalue weighted by atomic mass is 10.0. The Kier molecular flexibility index (Phi) is 5.10. The second-order valence-corrected chi connectivity index (χ2v) is 8.30. The van der Waals surface area contributed by atoms with E-state index in [4.69, 9.17) is 11.6 Å². The van der Waals surface area contributed by atoms with Crippen LogP contribution in [-0.2, 0) is 21.1 Å². The second kappa shape index (κ2) is 7.57. The quantitative estimate of drug-likeness (QED) is 0.468. The van der Waals surface area contributed by atoms with E-state index in [1.807, 2.05) is 42.5 Å². The lowest BCUT2D eigenvalue weighted by Crippen LogP contribution is -2.37. The van der Waals surface area contributed by atoms with Gasteiger partial charge in [0.2, 0.25) is 0 Å². The number of fused-ring (bicyclic) bond motifs is 1. The first kappa shape index (κ1) is 19.5. The molecule has 0 aliphatic heterocycles. The fourth-order valence-corrected chi connectivity index (χ4v) is 4.62. The first-order chi connectivity index (χ1) is 13.9. The molecule has 0 N–H and O–H groups in total. The maximum Gasteiger partial charge on any atom is 0.332 e. The Balaban J connectivity index is 1.88. The summed E-state index contributed by atoms with van der Waals surface area (Å²) in [6.07, 6.45) is 0. The van der Waals surface area contributed by atoms with Crippen LogP contribution in [0.1, 0.15) is 16.4 Å². The third-order valence-corrected chi connectivity index (χ3v) is 6.54. The number of hydrogen-bond acceptors (Lipinski definition) is 4. The van der Waals surface area contributed by atoms with E-state index >= 15 is 0 Å². The van der Waals surface area contributed by atoms with Crippen molar-refractivity contribution in [3.8, 4) is 0 Å². The predicted molar refractivity (Wildman–Crippen MR) is 117 cm³/mol. The summed E-state index contributed by atoms with van der Waals surface area (Å²) in [7, 11) is 4.90. The Morgan fingerprint density at radius 2 is 1.48 bits per heavy atom. The molecule has 2 aromatic heterocycles. The molecular formula is C21H19ClN4O2S. The van der Waals surface area contributed by atoms with Crippen molar-refractivity contribution in [2.45, 2.75) is 10.4 Å². The summed E-state index contributed by atoms with van der Waals surface area (Å²) in [5.74, 6) is 0. The maximum atomic E-state index is 12.7. The molecule has 0 aliphatic carbocycles. The minimum Gasteiger partial charge on any atom is -0.316 e. The van der Waals surface area contributed by atoms with Gasteiger partial charge in [0.1, 0.15) is 0 Å². The number of aryl methyl sites for hydroxylation is 2. The van der Waals surface area contributed by atoms with Crippen molar-refractivity contribution in [1.82, 2.24) is 18.7 Å². The van der Waals surface area contributed by atoms with Gasteiger partial charge in [-0.2, -0.15) is 0 Å². The largest absolute Gasteiger partial charge is 0.332 e. The summed E-state index contributed by atoms with van der Waals surface area (Å²) < 4.78 is 4.26. The van der Waals surface area contributed by atoms with E-state index in [1.54, 1.807) is 18.7 Å². The molecule has 0 unspecified atom stereocenters. The van der Waals surface area contributed by atoms with Crippen molar-refractivity contribution in [3.05, 3.63) is 91.6 Å². The van der Waals surface area contributed by atoms with E-state index in [9.17, 15) is 9.59 Å². The molecule has 0 aliphatic rings. The summed E-state index contributed by atoms with van der Waals surface area (Å²) >= 11 is 7.60. The highest BCUT2D eigenvalue weighted by Gasteiger charge is 2.22. The van der Waals surface area contributed by atoms with Gasteiger partial charge in [0.15, 0.2) is 16.3 Å². The molecule has 6 nitrogen and oxygen atoms in total. The number of aromatic nitrogens is 4. The van der Waals surface area contributed by atoms with Gasteiger partial charge in [-0.05, 0) is 23.3 Å². The first-order valence-electron chi connectivity index (χ1n) is 8.98. The average molecular weight is 427 g/mol. The summed E-state index contributed by atoms with van der Waals surface area (Å²) in [5, 5.41) is 1.28. The summed E-state index contributed by atoms with van der Waals surface area (Å²) in [6, 6.07) is 17.8. The molecular weight excluding hydrogens is 408 g/mol. The van der Waals surface area contributed by atoms with Gasteiger partial charge in [0.05, 0.1) is 5.25 Å². The number of nitrogens with zero attached hydrogens (tertiary/aromatic N) is 4. The Morgan fingerprint density at radius 1 is 0.862 bits per heavy atom. The molecule has 0 amide bonds. The molecule has 8 heteroatoms. The van der Waals surface area contributed by atoms with E-state index in [0.29, 0.717) is 21.3 Å². The van der Waals surface area contributed by atoms with Gasteiger partial charge in [0, 0.05) is 26.2 Å². The highest BCUT2D eigenvalue weighted by Crippen LogP contribution is 2.40. The Hall–Kier alpha value is -2.77. The molecule has 0 radical (unpaired) electrons. The number of hydrogen-bond donors (Lipinski definition) is 0. The third kappa shape index (κ3) is 3.41. The van der Waals surface area contributed by atoms with Gasteiger partial charge in [-0.1, -0.05) is 65.8 Å². The molecule has 2 heterocycles. The number of thioether (sulfide) groups is 1. The molecule has 4 aromatic rings. The zero-order valence-corrected chi connectivity index (χ0v) is 17.7. The normalized spacial score (nSPS) is 12.4. The van der Waals surface area contributed by atoms with Gasteiger partial charge < -0.3 is 4.57 Å². The topological polar surface area (TPSA) is 61.8 Å². The number of imidazole rings is 1. The molecule has 1 atom stereocenters. The van der Waals surface area contributed by atoms with Crippen molar-refractivity contribution in [2.75, 3.05) is 0 Å². The van der Waals surface area contributed by atoms with Crippen molar-refractivity contribution in [1.29, 1.82) is 0 Å². The monoisotopic (exact) mass is 426 g/mol. The molecule has 148 valence electrons. The van der Waals surface area contributed by atoms with Crippen molar-refractivity contribution in [3.63, 3.8) is 0 Å². The fraction of sp³-hybridized carbons (Fsp3) is 0.190. The van der Waals surface area contributed by atoms with Crippen LogP contribution in [0.15, 0.2) is 69.3 Å². The highest BCUT2D eigenvalue weighted by atomic mass is 35.5. The van der Waals surface area contributed by atoms with Crippen molar-refractivity contribution >= 4 is 34.5 Å². The highest BCUT2D eigenvalue weighted by molar-refractivity contribution is 7.99. The van der Waals surface area contributed by atoms with E-state index < -0.39 is 5.69 Å². The van der Waals surface area contributed by atoms with Gasteiger partial charge in [-0.25, -0.2) is 9.78 Å². The van der Waals surface area contributed by atoms with Crippen LogP contribution < -0.4 is 11.2 Å². The first-order valence-corrected chi connectivity index (χ1v) is 10.2. The zero-order chi connectivity index (χ0) is 20.7. The molecule has 0 saturated carbocycles. The minimum absolute atomic E-state index is 0.0511. The third-order valence-electron chi connectivity index (χ3n) is 4.93. The fourth-order valence-electron chi connectivity index (χ4n) is 3.30. The van der Waals surface area contributed by atoms with Gasteiger partial charge in [-0.15, -0.1) is 0 Å². The Bertz CT molecular complexity index is 1310. The van der Waals surface area contributed by atoms with Crippen molar-refractivity contribution < 1.29 is 0 Å². The van der Waals surface area contributed by atoms with E-state index in [0.717, 1.165) is 15.7 Å². The summed E-state index contributed by atoms with van der Waals surface area (Å²) in [6.45, 7) is 0. The van der Waals surface area contributed by atoms with E-state index in [1.165, 1.54) is 23.4 Å². The van der Waals surface area contributed by atoms with Crippen LogP contribution in [-0.4, -0.2) is 18.7 Å². The van der Waals surface area contributed by atoms with Crippen LogP contribution in [0.4, 0.5) is 0 Å². The average Bonchev–Trinajstić information content (AvgIpc) is 3.06. The molecule has 0 fully saturated rings. The van der Waals surface area contributed by atoms with Crippen LogP contribution in [0.3, 0.4) is 0 Å². The predicted octanol–water partition coefficient (Wildman–Crippen LogP) is 3.51. The summed E-state index contributed by atoms with van der Waals surface area (Å²) in [5.41, 5.74) is 2.21. The van der Waals surface area contributed by atoms with Gasteiger partial charge in [-0.3, -0.25) is 13.9 Å². The Morgan fingerprint density at radius 3 is 2.14 bits per heavy atom. The standard InChI is InChI=1S/C21H19ClN4O2S/c1-24-16-18(25(2)21(28)26(3)19(16)27)23-20(24)29-17(13-7-5-4-6-8-13)14-9-11-15(22)12-10-14/h4-12,17H,1-3H3/t17-/m0/s1. The minimum atomic E-state index is -0.394. The van der Waals surface area contributed by atoms with Crippen LogP contribution in [0.25, 0.3) is 11.2 Å². The molecule has 0 saturated heterocycles. The molecule has 0 spiro atoms. The second-order valence-electron chi connectivity index (χ2n) is 6.79. The Labute approximate surface area is 176 Å². The summed E-state index contributed by atoms with van der Waals surface area (Å²) in [4.78, 5) is 29.6. The lowest BCUT2D eigenvalue weighted by Gasteiger charge is -2.17. The molecule has 2 aromatic carbocycles. The maximum absolute atomic E-state index is 12.7. The smallest absolute Gasteiger partial charge is 0.316 e. The number of halogens is 1. The van der Waals surface area contributed by atoms with Crippen LogP contribution in [0.5, 0.6) is 0 Å². The molecule has 29 heavy (non-hydrogen) atoms. The van der Waals surface area contributed by atoms with Crippen LogP contribution in [0.2, 0.25) is 5.02 Å².